The fraction of sp³-hybridized carbons (Fsp3) is 0.429. The Morgan fingerprint density at radius 3 is 2.81 bits per heavy atom. The summed E-state index contributed by atoms with van der Waals surface area (Å²) in [7, 11) is 0. The lowest BCUT2D eigenvalue weighted by molar-refractivity contribution is 0.174. The van der Waals surface area contributed by atoms with Crippen molar-refractivity contribution in [1.29, 1.82) is 0 Å². The van der Waals surface area contributed by atoms with Gasteiger partial charge in [0, 0.05) is 24.3 Å². The predicted octanol–water partition coefficient (Wildman–Crippen LogP) is 2.90. The molecule has 0 saturated carbocycles. The van der Waals surface area contributed by atoms with Gasteiger partial charge in [-0.2, -0.15) is 0 Å². The van der Waals surface area contributed by atoms with Gasteiger partial charge in [0.2, 0.25) is 0 Å². The van der Waals surface area contributed by atoms with E-state index in [-0.39, 0.29) is 6.10 Å². The maximum Gasteiger partial charge on any atom is 0.0807 e. The van der Waals surface area contributed by atoms with Gasteiger partial charge < -0.3 is 10.0 Å². The van der Waals surface area contributed by atoms with Gasteiger partial charge in [-0.05, 0) is 18.9 Å². The van der Waals surface area contributed by atoms with Gasteiger partial charge in [-0.1, -0.05) is 37.3 Å². The Morgan fingerprint density at radius 2 is 2.12 bits per heavy atom. The summed E-state index contributed by atoms with van der Waals surface area (Å²) >= 11 is 0. The van der Waals surface area contributed by atoms with E-state index in [0.717, 1.165) is 31.5 Å². The summed E-state index contributed by atoms with van der Waals surface area (Å²) in [6.07, 6.45) is 5.92. The van der Waals surface area contributed by atoms with Crippen LogP contribution in [0.5, 0.6) is 0 Å². The van der Waals surface area contributed by atoms with E-state index in [0.29, 0.717) is 0 Å². The minimum atomic E-state index is -0.345. The lowest BCUT2D eigenvalue weighted by atomic mass is 10.0. The first-order valence-corrected chi connectivity index (χ1v) is 6.00. The molecule has 0 aromatic heterocycles. The van der Waals surface area contributed by atoms with Gasteiger partial charge in [-0.3, -0.25) is 0 Å². The molecule has 0 fully saturated rings. The van der Waals surface area contributed by atoms with Crippen LogP contribution in [-0.4, -0.2) is 18.2 Å². The zero-order valence-corrected chi connectivity index (χ0v) is 9.76. The molecule has 86 valence electrons. The lowest BCUT2D eigenvalue weighted by Crippen LogP contribution is -2.28. The first-order valence-electron chi connectivity index (χ1n) is 6.00. The van der Waals surface area contributed by atoms with Crippen LogP contribution in [0.3, 0.4) is 0 Å². The molecule has 16 heavy (non-hydrogen) atoms. The molecule has 2 nitrogen and oxygen atoms in total. The van der Waals surface area contributed by atoms with Gasteiger partial charge in [0.25, 0.3) is 0 Å². The quantitative estimate of drug-likeness (QED) is 0.787. The van der Waals surface area contributed by atoms with Crippen LogP contribution in [0, 0.1) is 0 Å². The second-order valence-corrected chi connectivity index (χ2v) is 4.19. The van der Waals surface area contributed by atoms with Crippen molar-refractivity contribution in [2.24, 2.45) is 0 Å². The summed E-state index contributed by atoms with van der Waals surface area (Å²) < 4.78 is 0. The number of aliphatic hydroxyl groups excluding tert-OH is 1. The molecule has 0 radical (unpaired) electrons. The number of para-hydroxylation sites is 1. The van der Waals surface area contributed by atoms with E-state index in [1.54, 1.807) is 0 Å². The van der Waals surface area contributed by atoms with Gasteiger partial charge >= 0.3 is 0 Å². The van der Waals surface area contributed by atoms with Crippen molar-refractivity contribution in [3.8, 4) is 0 Å². The molecule has 1 aliphatic rings. The van der Waals surface area contributed by atoms with Crippen molar-refractivity contribution in [1.82, 2.24) is 0 Å². The minimum absolute atomic E-state index is 0.345. The smallest absolute Gasteiger partial charge is 0.0807 e. The zero-order valence-electron chi connectivity index (χ0n) is 9.76. The fourth-order valence-electron chi connectivity index (χ4n) is 2.14. The third-order valence-electron chi connectivity index (χ3n) is 3.08. The molecular formula is C14H19NO. The van der Waals surface area contributed by atoms with Crippen LogP contribution in [0.2, 0.25) is 0 Å². The monoisotopic (exact) mass is 217 g/mol. The number of nitrogens with zero attached hydrogens (tertiary/aromatic N) is 1. The molecule has 2 rings (SSSR count). The Labute approximate surface area is 97.2 Å². The summed E-state index contributed by atoms with van der Waals surface area (Å²) in [5.41, 5.74) is 2.24. The van der Waals surface area contributed by atoms with Crippen molar-refractivity contribution >= 4 is 5.69 Å². The maximum atomic E-state index is 10.00. The third-order valence-corrected chi connectivity index (χ3v) is 3.08. The summed E-state index contributed by atoms with van der Waals surface area (Å²) in [4.78, 5) is 2.33. The van der Waals surface area contributed by atoms with Gasteiger partial charge in [0.05, 0.1) is 6.10 Å². The average Bonchev–Trinajstić information content (AvgIpc) is 2.39. The number of anilines is 1. The molecule has 0 bridgehead atoms. The van der Waals surface area contributed by atoms with Crippen LogP contribution < -0.4 is 4.90 Å². The molecule has 1 atom stereocenters. The Hall–Kier alpha value is -1.28. The molecular weight excluding hydrogens is 198 g/mol. The van der Waals surface area contributed by atoms with E-state index >= 15 is 0 Å². The molecule has 1 aromatic rings. The Morgan fingerprint density at radius 1 is 1.31 bits per heavy atom. The molecule has 0 aliphatic carbocycles. The molecule has 1 N–H and O–H groups in total. The number of hydrogen-bond acceptors (Lipinski definition) is 2. The predicted molar refractivity (Wildman–Crippen MR) is 67.7 cm³/mol. The lowest BCUT2D eigenvalue weighted by Gasteiger charge is -2.29. The Kier molecular flexibility index (Phi) is 3.62. The van der Waals surface area contributed by atoms with E-state index < -0.39 is 0 Å². The highest BCUT2D eigenvalue weighted by atomic mass is 16.3. The van der Waals surface area contributed by atoms with Crippen molar-refractivity contribution < 1.29 is 5.11 Å². The normalized spacial score (nSPS) is 17.5. The molecule has 0 amide bonds. The van der Waals surface area contributed by atoms with Crippen LogP contribution in [0.1, 0.15) is 31.4 Å². The van der Waals surface area contributed by atoms with Gasteiger partial charge in [-0.15, -0.1) is 0 Å². The Bertz CT molecular complexity index is 373. The van der Waals surface area contributed by atoms with E-state index in [2.05, 4.69) is 23.1 Å². The van der Waals surface area contributed by atoms with Crippen LogP contribution in [0.4, 0.5) is 5.69 Å². The fourth-order valence-corrected chi connectivity index (χ4v) is 2.14. The van der Waals surface area contributed by atoms with E-state index in [1.165, 1.54) is 5.69 Å². The third kappa shape index (κ3) is 2.27. The standard InChI is InChI=1S/C14H19NO/c1-2-14(16)12-8-4-5-9-13(12)15-10-6-3-7-11-15/h3-6,8-9,14,16H,2,7,10-11H2,1H3/t14-/m0/s1. The van der Waals surface area contributed by atoms with Crippen LogP contribution >= 0.6 is 0 Å². The topological polar surface area (TPSA) is 23.5 Å². The second kappa shape index (κ2) is 5.17. The maximum absolute atomic E-state index is 10.00. The minimum Gasteiger partial charge on any atom is -0.388 e. The molecule has 0 unspecified atom stereocenters. The van der Waals surface area contributed by atoms with Crippen LogP contribution in [0.15, 0.2) is 36.4 Å². The van der Waals surface area contributed by atoms with Gasteiger partial charge in [0.1, 0.15) is 0 Å². The summed E-state index contributed by atoms with van der Waals surface area (Å²) in [5, 5.41) is 10.00. The number of aliphatic hydroxyl groups is 1. The van der Waals surface area contributed by atoms with E-state index in [4.69, 9.17) is 0 Å². The van der Waals surface area contributed by atoms with E-state index in [1.807, 2.05) is 25.1 Å². The summed E-state index contributed by atoms with van der Waals surface area (Å²) in [5.74, 6) is 0. The van der Waals surface area contributed by atoms with Crippen LogP contribution in [0.25, 0.3) is 0 Å². The molecule has 1 aliphatic heterocycles. The van der Waals surface area contributed by atoms with Crippen molar-refractivity contribution in [3.05, 3.63) is 42.0 Å². The van der Waals surface area contributed by atoms with Crippen molar-refractivity contribution in [2.75, 3.05) is 18.0 Å². The highest BCUT2D eigenvalue weighted by Gasteiger charge is 2.15. The van der Waals surface area contributed by atoms with Gasteiger partial charge in [0.15, 0.2) is 0 Å². The van der Waals surface area contributed by atoms with Crippen molar-refractivity contribution in [3.63, 3.8) is 0 Å². The van der Waals surface area contributed by atoms with Crippen molar-refractivity contribution in [2.45, 2.75) is 25.9 Å². The first-order chi connectivity index (χ1) is 7.83. The highest BCUT2D eigenvalue weighted by Crippen LogP contribution is 2.28. The largest absolute Gasteiger partial charge is 0.388 e. The number of benzene rings is 1. The van der Waals surface area contributed by atoms with Crippen LogP contribution in [-0.2, 0) is 0 Å². The molecule has 0 saturated heterocycles. The van der Waals surface area contributed by atoms with Gasteiger partial charge in [-0.25, -0.2) is 0 Å². The second-order valence-electron chi connectivity index (χ2n) is 4.19. The summed E-state index contributed by atoms with van der Waals surface area (Å²) in [6.45, 7) is 4.01. The van der Waals surface area contributed by atoms with E-state index in [9.17, 15) is 5.11 Å². The Balaban J connectivity index is 2.28. The average molecular weight is 217 g/mol. The SMILES string of the molecule is CC[C@H](O)c1ccccc1N1CC=CCC1. The molecule has 1 aromatic carbocycles. The summed E-state index contributed by atoms with van der Waals surface area (Å²) in [6, 6.07) is 8.17. The molecule has 2 heteroatoms. The number of hydrogen-bond donors (Lipinski definition) is 1. The molecule has 1 heterocycles. The zero-order chi connectivity index (χ0) is 11.4. The number of rotatable bonds is 3. The first kappa shape index (κ1) is 11.2. The highest BCUT2D eigenvalue weighted by molar-refractivity contribution is 5.55. The molecule has 0 spiro atoms.